The molecule has 0 aromatic heterocycles. The van der Waals surface area contributed by atoms with Gasteiger partial charge in [-0.1, -0.05) is 44.5 Å². The number of aryl methyl sites for hydroxylation is 2. The lowest BCUT2D eigenvalue weighted by atomic mass is 10.00. The van der Waals surface area contributed by atoms with E-state index in [9.17, 15) is 0 Å². The average molecular weight is 245 g/mol. The molecule has 0 heterocycles. The van der Waals surface area contributed by atoms with Gasteiger partial charge >= 0.3 is 0 Å². The highest BCUT2D eigenvalue weighted by atomic mass is 14.9. The summed E-state index contributed by atoms with van der Waals surface area (Å²) in [5.74, 6) is 0.962. The third-order valence-corrected chi connectivity index (χ3v) is 3.96. The molecule has 0 amide bonds. The Bertz CT molecular complexity index is 337. The highest BCUT2D eigenvalue weighted by Gasteiger charge is 2.29. The van der Waals surface area contributed by atoms with Crippen LogP contribution in [0.5, 0.6) is 0 Å². The van der Waals surface area contributed by atoms with Crippen LogP contribution >= 0.6 is 0 Å². The minimum Gasteiger partial charge on any atom is -0.314 e. The maximum Gasteiger partial charge on any atom is 0.00983 e. The summed E-state index contributed by atoms with van der Waals surface area (Å²) in [7, 11) is 0. The highest BCUT2D eigenvalue weighted by Crippen LogP contribution is 2.34. The molecule has 1 unspecified atom stereocenters. The number of hydrogen-bond acceptors (Lipinski definition) is 1. The Labute approximate surface area is 112 Å². The van der Waals surface area contributed by atoms with Crippen LogP contribution in [0.3, 0.4) is 0 Å². The molecule has 0 bridgehead atoms. The Morgan fingerprint density at radius 3 is 2.17 bits per heavy atom. The molecular weight excluding hydrogens is 218 g/mol. The van der Waals surface area contributed by atoms with Crippen molar-refractivity contribution in [3.05, 3.63) is 35.4 Å². The van der Waals surface area contributed by atoms with Gasteiger partial charge in [0.05, 0.1) is 0 Å². The first-order valence-corrected chi connectivity index (χ1v) is 7.64. The zero-order valence-electron chi connectivity index (χ0n) is 11.9. The van der Waals surface area contributed by atoms with Crippen molar-refractivity contribution < 1.29 is 0 Å². The van der Waals surface area contributed by atoms with E-state index in [-0.39, 0.29) is 0 Å². The van der Waals surface area contributed by atoms with E-state index in [2.05, 4.69) is 43.4 Å². The molecule has 0 spiro atoms. The predicted molar refractivity (Wildman–Crippen MR) is 78.9 cm³/mol. The zero-order valence-corrected chi connectivity index (χ0v) is 11.9. The standard InChI is InChI=1S/C17H27N/c1-3-5-14-6-8-15(9-7-14)10-13-17(18-4-2)16-11-12-16/h6-9,16-18H,3-5,10-13H2,1-2H3. The third kappa shape index (κ3) is 4.13. The summed E-state index contributed by atoms with van der Waals surface area (Å²) >= 11 is 0. The third-order valence-electron chi connectivity index (χ3n) is 3.96. The summed E-state index contributed by atoms with van der Waals surface area (Å²) in [6.45, 7) is 5.57. The summed E-state index contributed by atoms with van der Waals surface area (Å²) in [6.07, 6.45) is 7.85. The molecule has 1 aliphatic carbocycles. The fraction of sp³-hybridized carbons (Fsp3) is 0.647. The topological polar surface area (TPSA) is 12.0 Å². The molecule has 2 rings (SSSR count). The van der Waals surface area contributed by atoms with E-state index in [0.29, 0.717) is 0 Å². The second kappa shape index (κ2) is 6.94. The Balaban J connectivity index is 1.81. The maximum atomic E-state index is 3.65. The van der Waals surface area contributed by atoms with Crippen LogP contribution in [0.25, 0.3) is 0 Å². The molecular formula is C17H27N. The average Bonchev–Trinajstić information content (AvgIpc) is 3.21. The smallest absolute Gasteiger partial charge is 0.00983 e. The second-order valence-corrected chi connectivity index (χ2v) is 5.61. The van der Waals surface area contributed by atoms with Crippen LogP contribution in [0.15, 0.2) is 24.3 Å². The van der Waals surface area contributed by atoms with E-state index in [4.69, 9.17) is 0 Å². The van der Waals surface area contributed by atoms with Gasteiger partial charge in [-0.25, -0.2) is 0 Å². The fourth-order valence-electron chi connectivity index (χ4n) is 2.75. The number of nitrogens with one attached hydrogen (secondary N) is 1. The Morgan fingerprint density at radius 2 is 1.67 bits per heavy atom. The van der Waals surface area contributed by atoms with Gasteiger partial charge in [0.2, 0.25) is 0 Å². The van der Waals surface area contributed by atoms with Crippen molar-refractivity contribution >= 4 is 0 Å². The van der Waals surface area contributed by atoms with Crippen molar-refractivity contribution in [2.75, 3.05) is 6.54 Å². The monoisotopic (exact) mass is 245 g/mol. The van der Waals surface area contributed by atoms with Gasteiger partial charge in [0, 0.05) is 6.04 Å². The van der Waals surface area contributed by atoms with Crippen LogP contribution in [0.1, 0.15) is 50.7 Å². The van der Waals surface area contributed by atoms with Crippen LogP contribution in [0.4, 0.5) is 0 Å². The van der Waals surface area contributed by atoms with Gasteiger partial charge < -0.3 is 5.32 Å². The molecule has 1 atom stereocenters. The van der Waals surface area contributed by atoms with Gasteiger partial charge in [0.1, 0.15) is 0 Å². The zero-order chi connectivity index (χ0) is 12.8. The van der Waals surface area contributed by atoms with E-state index in [1.165, 1.54) is 49.7 Å². The molecule has 1 aliphatic rings. The number of hydrogen-bond donors (Lipinski definition) is 1. The lowest BCUT2D eigenvalue weighted by Crippen LogP contribution is -2.31. The lowest BCUT2D eigenvalue weighted by Gasteiger charge is -2.17. The van der Waals surface area contributed by atoms with E-state index >= 15 is 0 Å². The Kier molecular flexibility index (Phi) is 5.25. The van der Waals surface area contributed by atoms with E-state index < -0.39 is 0 Å². The van der Waals surface area contributed by atoms with E-state index in [1.54, 1.807) is 0 Å². The molecule has 1 nitrogen and oxygen atoms in total. The van der Waals surface area contributed by atoms with Gasteiger partial charge in [-0.15, -0.1) is 0 Å². The molecule has 0 radical (unpaired) electrons. The molecule has 1 fully saturated rings. The molecule has 1 aromatic carbocycles. The summed E-state index contributed by atoms with van der Waals surface area (Å²) in [4.78, 5) is 0. The molecule has 1 saturated carbocycles. The van der Waals surface area contributed by atoms with Crippen LogP contribution < -0.4 is 5.32 Å². The summed E-state index contributed by atoms with van der Waals surface area (Å²) in [5, 5.41) is 3.65. The molecule has 1 heteroatoms. The van der Waals surface area contributed by atoms with Crippen LogP contribution in [0.2, 0.25) is 0 Å². The quantitative estimate of drug-likeness (QED) is 0.731. The molecule has 1 aromatic rings. The van der Waals surface area contributed by atoms with Crippen molar-refractivity contribution in [3.63, 3.8) is 0 Å². The van der Waals surface area contributed by atoms with Crippen LogP contribution in [-0.4, -0.2) is 12.6 Å². The normalized spacial score (nSPS) is 16.8. The van der Waals surface area contributed by atoms with Crippen molar-refractivity contribution in [2.45, 2.75) is 58.4 Å². The van der Waals surface area contributed by atoms with Crippen molar-refractivity contribution in [1.29, 1.82) is 0 Å². The number of benzene rings is 1. The summed E-state index contributed by atoms with van der Waals surface area (Å²) in [5.41, 5.74) is 2.98. The van der Waals surface area contributed by atoms with Gasteiger partial charge in [0.25, 0.3) is 0 Å². The molecule has 1 N–H and O–H groups in total. The van der Waals surface area contributed by atoms with Crippen LogP contribution in [-0.2, 0) is 12.8 Å². The number of rotatable bonds is 8. The largest absolute Gasteiger partial charge is 0.314 e. The minimum atomic E-state index is 0.755. The summed E-state index contributed by atoms with van der Waals surface area (Å²) < 4.78 is 0. The first-order chi connectivity index (χ1) is 8.83. The van der Waals surface area contributed by atoms with Gasteiger partial charge in [0.15, 0.2) is 0 Å². The van der Waals surface area contributed by atoms with Gasteiger partial charge in [-0.05, 0) is 55.7 Å². The lowest BCUT2D eigenvalue weighted by molar-refractivity contribution is 0.446. The maximum absolute atomic E-state index is 3.65. The molecule has 0 aliphatic heterocycles. The summed E-state index contributed by atoms with van der Waals surface area (Å²) in [6, 6.07) is 10.0. The first kappa shape index (κ1) is 13.6. The van der Waals surface area contributed by atoms with Gasteiger partial charge in [-0.3, -0.25) is 0 Å². The molecule has 0 saturated heterocycles. The van der Waals surface area contributed by atoms with E-state index in [1.807, 2.05) is 0 Å². The second-order valence-electron chi connectivity index (χ2n) is 5.61. The van der Waals surface area contributed by atoms with Crippen molar-refractivity contribution in [1.82, 2.24) is 5.32 Å². The molecule has 18 heavy (non-hydrogen) atoms. The fourth-order valence-corrected chi connectivity index (χ4v) is 2.75. The van der Waals surface area contributed by atoms with Crippen LogP contribution in [0, 0.1) is 5.92 Å². The van der Waals surface area contributed by atoms with E-state index in [0.717, 1.165) is 18.5 Å². The van der Waals surface area contributed by atoms with Crippen molar-refractivity contribution in [2.24, 2.45) is 5.92 Å². The highest BCUT2D eigenvalue weighted by molar-refractivity contribution is 5.22. The SMILES string of the molecule is CCCc1ccc(CCC(NCC)C2CC2)cc1. The first-order valence-electron chi connectivity index (χ1n) is 7.64. The van der Waals surface area contributed by atoms with Gasteiger partial charge in [-0.2, -0.15) is 0 Å². The Hall–Kier alpha value is -0.820. The molecule has 100 valence electrons. The minimum absolute atomic E-state index is 0.755. The Morgan fingerprint density at radius 1 is 1.06 bits per heavy atom. The predicted octanol–water partition coefficient (Wildman–Crippen LogP) is 3.96. The van der Waals surface area contributed by atoms with Crippen molar-refractivity contribution in [3.8, 4) is 0 Å².